The molecule has 0 atom stereocenters. The fourth-order valence-electron chi connectivity index (χ4n) is 4.83. The number of ether oxygens (including phenoxy) is 2. The van der Waals surface area contributed by atoms with Crippen LogP contribution in [0, 0.1) is 13.8 Å². The predicted octanol–water partition coefficient (Wildman–Crippen LogP) is 4.46. The van der Waals surface area contributed by atoms with Crippen LogP contribution in [0.5, 0.6) is 11.5 Å². The average molecular weight is 497 g/mol. The number of rotatable bonds is 7. The monoisotopic (exact) mass is 496 g/mol. The van der Waals surface area contributed by atoms with Crippen molar-refractivity contribution in [1.29, 1.82) is 0 Å². The van der Waals surface area contributed by atoms with E-state index in [0.717, 1.165) is 0 Å². The summed E-state index contributed by atoms with van der Waals surface area (Å²) in [6.07, 6.45) is 0. The van der Waals surface area contributed by atoms with Crippen LogP contribution in [0.15, 0.2) is 88.5 Å². The van der Waals surface area contributed by atoms with Crippen LogP contribution in [0.3, 0.4) is 0 Å². The molecule has 2 heterocycles. The highest BCUT2D eigenvalue weighted by atomic mass is 16.5. The quantitative estimate of drug-likeness (QED) is 0.348. The van der Waals surface area contributed by atoms with Crippen molar-refractivity contribution in [1.82, 2.24) is 19.6 Å². The molecule has 37 heavy (non-hydrogen) atoms. The number of para-hydroxylation sites is 2. The van der Waals surface area contributed by atoms with Crippen LogP contribution >= 0.6 is 0 Å². The molecule has 0 fully saturated rings. The van der Waals surface area contributed by atoms with E-state index in [9.17, 15) is 9.59 Å². The molecule has 0 amide bonds. The maximum absolute atomic E-state index is 13.9. The van der Waals surface area contributed by atoms with Gasteiger partial charge < -0.3 is 9.47 Å². The van der Waals surface area contributed by atoms with Crippen molar-refractivity contribution in [2.24, 2.45) is 0 Å². The van der Waals surface area contributed by atoms with Gasteiger partial charge in [0.25, 0.3) is 11.1 Å². The van der Waals surface area contributed by atoms with Gasteiger partial charge in [0.05, 0.1) is 42.6 Å². The van der Waals surface area contributed by atoms with Crippen LogP contribution in [0.2, 0.25) is 0 Å². The van der Waals surface area contributed by atoms with Crippen molar-refractivity contribution in [3.05, 3.63) is 128 Å². The third kappa shape index (κ3) is 4.16. The van der Waals surface area contributed by atoms with Gasteiger partial charge in [0.15, 0.2) is 0 Å². The summed E-state index contributed by atoms with van der Waals surface area (Å²) in [4.78, 5) is 27.9. The maximum atomic E-state index is 13.9. The Bertz CT molecular complexity index is 1560. The largest absolute Gasteiger partial charge is 0.497 e. The van der Waals surface area contributed by atoms with Gasteiger partial charge in [-0.15, -0.1) is 0 Å². The lowest BCUT2D eigenvalue weighted by molar-refractivity contribution is 0.390. The Kier molecular flexibility index (Phi) is 6.31. The molecule has 8 nitrogen and oxygen atoms in total. The van der Waals surface area contributed by atoms with Crippen molar-refractivity contribution < 1.29 is 9.47 Å². The van der Waals surface area contributed by atoms with Crippen molar-refractivity contribution in [2.45, 2.75) is 19.8 Å². The number of benzene rings is 3. The van der Waals surface area contributed by atoms with Crippen molar-refractivity contribution in [3.8, 4) is 22.9 Å². The molecule has 0 aliphatic heterocycles. The molecule has 2 N–H and O–H groups in total. The van der Waals surface area contributed by atoms with E-state index in [1.54, 1.807) is 26.4 Å². The highest BCUT2D eigenvalue weighted by Gasteiger charge is 2.33. The summed E-state index contributed by atoms with van der Waals surface area (Å²) < 4.78 is 14.1. The zero-order valence-corrected chi connectivity index (χ0v) is 21.1. The van der Waals surface area contributed by atoms with Crippen molar-refractivity contribution >= 4 is 0 Å². The van der Waals surface area contributed by atoms with Gasteiger partial charge >= 0.3 is 0 Å². The minimum absolute atomic E-state index is 0.238. The Morgan fingerprint density at radius 3 is 1.59 bits per heavy atom. The number of hydrogen-bond donors (Lipinski definition) is 2. The minimum Gasteiger partial charge on any atom is -0.497 e. The van der Waals surface area contributed by atoms with Gasteiger partial charge in [-0.3, -0.25) is 19.8 Å². The second-order valence-electron chi connectivity index (χ2n) is 8.79. The molecule has 2 aromatic heterocycles. The number of hydrogen-bond acceptors (Lipinski definition) is 4. The predicted molar refractivity (Wildman–Crippen MR) is 143 cm³/mol. The molecule has 0 saturated carbocycles. The Balaban J connectivity index is 1.81. The van der Waals surface area contributed by atoms with Crippen LogP contribution < -0.4 is 20.6 Å². The molecule has 0 bridgehead atoms. The first-order valence-electron chi connectivity index (χ1n) is 11.9. The molecular weight excluding hydrogens is 468 g/mol. The Labute approximate surface area is 213 Å². The van der Waals surface area contributed by atoms with Crippen LogP contribution in [0.4, 0.5) is 0 Å². The van der Waals surface area contributed by atoms with Gasteiger partial charge in [0.1, 0.15) is 11.5 Å². The molecular formula is C29H28N4O4. The normalized spacial score (nSPS) is 11.2. The molecule has 8 heteroatoms. The summed E-state index contributed by atoms with van der Waals surface area (Å²) in [6.45, 7) is 3.69. The number of aryl methyl sites for hydroxylation is 2. The van der Waals surface area contributed by atoms with Crippen LogP contribution in [-0.2, 0) is 0 Å². The lowest BCUT2D eigenvalue weighted by Gasteiger charge is -2.19. The SMILES string of the molecule is COc1ccc(C(c2c(C)[nH]n(-c3ccccc3)c2=O)c2c(C)[nH]n(-c3ccccc3)c2=O)c(OC)c1. The number of aromatic amines is 2. The molecule has 0 aliphatic carbocycles. The van der Waals surface area contributed by atoms with Crippen molar-refractivity contribution in [2.75, 3.05) is 14.2 Å². The lowest BCUT2D eigenvalue weighted by Crippen LogP contribution is -2.25. The molecule has 0 aliphatic rings. The highest BCUT2D eigenvalue weighted by Crippen LogP contribution is 2.39. The van der Waals surface area contributed by atoms with Crippen molar-refractivity contribution in [3.63, 3.8) is 0 Å². The van der Waals surface area contributed by atoms with Gasteiger partial charge in [-0.1, -0.05) is 42.5 Å². The van der Waals surface area contributed by atoms with Gasteiger partial charge in [0, 0.05) is 23.0 Å². The van der Waals surface area contributed by atoms with E-state index in [0.29, 0.717) is 51.0 Å². The molecule has 188 valence electrons. The van der Waals surface area contributed by atoms with E-state index in [4.69, 9.17) is 9.47 Å². The number of aromatic nitrogens is 4. The highest BCUT2D eigenvalue weighted by molar-refractivity contribution is 5.53. The molecule has 0 spiro atoms. The zero-order chi connectivity index (χ0) is 26.1. The smallest absolute Gasteiger partial charge is 0.275 e. The van der Waals surface area contributed by atoms with Gasteiger partial charge in [0.2, 0.25) is 0 Å². The molecule has 0 unspecified atom stereocenters. The fraction of sp³-hybridized carbons (Fsp3) is 0.172. The third-order valence-corrected chi connectivity index (χ3v) is 6.59. The summed E-state index contributed by atoms with van der Waals surface area (Å²) in [5.41, 5.74) is 3.85. The van der Waals surface area contributed by atoms with E-state index in [1.165, 1.54) is 9.36 Å². The van der Waals surface area contributed by atoms with E-state index in [1.807, 2.05) is 80.6 Å². The van der Waals surface area contributed by atoms with Gasteiger partial charge in [-0.25, -0.2) is 9.36 Å². The second-order valence-corrected chi connectivity index (χ2v) is 8.79. The summed E-state index contributed by atoms with van der Waals surface area (Å²) in [5.74, 6) is 0.421. The van der Waals surface area contributed by atoms with Crippen LogP contribution in [-0.4, -0.2) is 33.8 Å². The fourth-order valence-corrected chi connectivity index (χ4v) is 4.83. The molecule has 0 radical (unpaired) electrons. The van der Waals surface area contributed by atoms with Gasteiger partial charge in [-0.2, -0.15) is 0 Å². The first kappa shape index (κ1) is 24.0. The van der Waals surface area contributed by atoms with E-state index < -0.39 is 5.92 Å². The first-order chi connectivity index (χ1) is 17.9. The number of nitrogens with zero attached hydrogens (tertiary/aromatic N) is 2. The topological polar surface area (TPSA) is 94.0 Å². The number of H-pyrrole nitrogens is 2. The molecule has 0 saturated heterocycles. The maximum Gasteiger partial charge on any atom is 0.275 e. The lowest BCUT2D eigenvalue weighted by atomic mass is 9.84. The second kappa shape index (κ2) is 9.73. The van der Waals surface area contributed by atoms with Crippen LogP contribution in [0.25, 0.3) is 11.4 Å². The number of methoxy groups -OCH3 is 2. The Hall–Kier alpha value is -4.72. The Morgan fingerprint density at radius 2 is 1.16 bits per heavy atom. The zero-order valence-electron chi connectivity index (χ0n) is 21.1. The molecule has 5 rings (SSSR count). The summed E-state index contributed by atoms with van der Waals surface area (Å²) in [5, 5.41) is 6.41. The third-order valence-electron chi connectivity index (χ3n) is 6.59. The van der Waals surface area contributed by atoms with Crippen LogP contribution in [0.1, 0.15) is 34.0 Å². The minimum atomic E-state index is -0.705. The summed E-state index contributed by atoms with van der Waals surface area (Å²) in [6, 6.07) is 24.1. The average Bonchev–Trinajstić information content (AvgIpc) is 3.40. The first-order valence-corrected chi connectivity index (χ1v) is 11.9. The standard InChI is InChI=1S/C29H28N4O4/c1-18-25(28(34)32(30-18)20-11-7-5-8-12-20)27(23-16-15-22(36-3)17-24(23)37-4)26-19(2)31-33(29(26)35)21-13-9-6-10-14-21/h5-17,27,30-31H,1-4H3. The van der Waals surface area contributed by atoms with E-state index in [-0.39, 0.29) is 11.1 Å². The van der Waals surface area contributed by atoms with E-state index in [2.05, 4.69) is 10.2 Å². The van der Waals surface area contributed by atoms with Gasteiger partial charge in [-0.05, 0) is 44.2 Å². The van der Waals surface area contributed by atoms with E-state index >= 15 is 0 Å². The summed E-state index contributed by atoms with van der Waals surface area (Å²) >= 11 is 0. The number of nitrogens with one attached hydrogen (secondary N) is 2. The molecule has 5 aromatic rings. The Morgan fingerprint density at radius 1 is 0.676 bits per heavy atom. The molecule has 3 aromatic carbocycles. The summed E-state index contributed by atoms with van der Waals surface area (Å²) in [7, 11) is 3.14.